The molecule has 3 aliphatic heterocycles. The van der Waals surface area contributed by atoms with Gasteiger partial charge >= 0.3 is 6.18 Å². The molecule has 3 saturated heterocycles. The largest absolute Gasteiger partial charge is 0.416 e. The van der Waals surface area contributed by atoms with E-state index in [0.29, 0.717) is 38.5 Å². The summed E-state index contributed by atoms with van der Waals surface area (Å²) >= 11 is 0. The number of nitrogens with one attached hydrogen (secondary N) is 2. The highest BCUT2D eigenvalue weighted by Crippen LogP contribution is 2.45. The summed E-state index contributed by atoms with van der Waals surface area (Å²) < 4.78 is 40.5. The summed E-state index contributed by atoms with van der Waals surface area (Å²) in [5, 5.41) is 5.78. The molecule has 5 atom stereocenters. The van der Waals surface area contributed by atoms with Crippen LogP contribution in [-0.4, -0.2) is 89.2 Å². The number of carbonyl (C=O) groups excluding carboxylic acids is 4. The fraction of sp³-hybridized carbons (Fsp3) is 0.500. The van der Waals surface area contributed by atoms with E-state index in [4.69, 9.17) is 0 Å². The van der Waals surface area contributed by atoms with Crippen molar-refractivity contribution in [1.29, 1.82) is 0 Å². The minimum absolute atomic E-state index is 0.0292. The van der Waals surface area contributed by atoms with Crippen LogP contribution in [-0.2, 0) is 38.3 Å². The zero-order chi connectivity index (χ0) is 39.2. The van der Waals surface area contributed by atoms with Crippen LogP contribution in [0, 0.1) is 11.8 Å². The second-order valence-corrected chi connectivity index (χ2v) is 15.8. The monoisotopic (exact) mass is 771 g/mol. The third kappa shape index (κ3) is 8.96. The van der Waals surface area contributed by atoms with Gasteiger partial charge in [0.25, 0.3) is 0 Å². The zero-order valence-electron chi connectivity index (χ0n) is 31.8. The highest BCUT2D eigenvalue weighted by molar-refractivity contribution is 5.97. The van der Waals surface area contributed by atoms with Crippen molar-refractivity contribution < 1.29 is 32.3 Å². The molecule has 1 unspecified atom stereocenters. The zero-order valence-corrected chi connectivity index (χ0v) is 31.8. The summed E-state index contributed by atoms with van der Waals surface area (Å²) in [6.07, 6.45) is 2.75. The molecule has 0 spiro atoms. The molecule has 1 aliphatic carbocycles. The number of likely N-dealkylation sites (tertiary alicyclic amines) is 1. The molecule has 12 heteroatoms. The Balaban J connectivity index is 1.12. The fourth-order valence-electron chi connectivity index (χ4n) is 9.49. The summed E-state index contributed by atoms with van der Waals surface area (Å²) in [6.45, 7) is 3.02. The van der Waals surface area contributed by atoms with E-state index >= 15 is 0 Å². The SMILES string of the molecule is O=C1NC[C@H](c2ccccc2)C1[C@@H]1C(=O)N([C@@H](CCC(=O)N2CCN(C3CCCCC3)CC2)C(=O)NCc2cccc(C(F)(F)F)c2)[C@@H]1CCc1ccccc1. The molecule has 0 bridgehead atoms. The van der Waals surface area contributed by atoms with Crippen LogP contribution in [0.25, 0.3) is 0 Å². The second-order valence-electron chi connectivity index (χ2n) is 15.8. The molecule has 3 aromatic carbocycles. The average molecular weight is 772 g/mol. The summed E-state index contributed by atoms with van der Waals surface area (Å²) in [5.74, 6) is -2.71. The van der Waals surface area contributed by atoms with Crippen molar-refractivity contribution in [1.82, 2.24) is 25.3 Å². The number of alkyl halides is 3. The molecule has 9 nitrogen and oxygen atoms in total. The first-order valence-corrected chi connectivity index (χ1v) is 20.2. The molecule has 7 rings (SSSR count). The standard InChI is InChI=1S/C44H52F3N5O4/c45-44(46,47)33-16-10-13-31(27-33)28-48-41(54)37(21-22-38(53)51-25-23-50(24-26-51)34-17-8-3-9-18-34)52-36(20-19-30-11-4-1-5-12-30)40(43(52)56)39-35(29-49-42(39)55)32-14-6-2-7-15-32/h1-2,4-7,10-16,27,34-37,39-40H,3,8-9,17-26,28-29H2,(H,48,54)(H,49,55)/t35-,36-,37+,39?,40-/m1/s1. The normalized spacial score (nSPS) is 24.1. The van der Waals surface area contributed by atoms with Gasteiger partial charge in [-0.05, 0) is 60.9 Å². The fourth-order valence-corrected chi connectivity index (χ4v) is 9.49. The predicted molar refractivity (Wildman–Crippen MR) is 206 cm³/mol. The Labute approximate surface area is 327 Å². The lowest BCUT2D eigenvalue weighted by Crippen LogP contribution is -2.69. The molecular formula is C44H52F3N5O4. The van der Waals surface area contributed by atoms with E-state index in [-0.39, 0.29) is 48.6 Å². The molecule has 298 valence electrons. The summed E-state index contributed by atoms with van der Waals surface area (Å²) in [4.78, 5) is 62.0. The molecule has 3 heterocycles. The smallest absolute Gasteiger partial charge is 0.355 e. The number of piperazine rings is 1. The summed E-state index contributed by atoms with van der Waals surface area (Å²) in [7, 11) is 0. The maximum Gasteiger partial charge on any atom is 0.416 e. The first-order valence-electron chi connectivity index (χ1n) is 20.2. The van der Waals surface area contributed by atoms with Crippen molar-refractivity contribution in [3.05, 3.63) is 107 Å². The van der Waals surface area contributed by atoms with Crippen LogP contribution in [0.4, 0.5) is 13.2 Å². The number of halogens is 3. The van der Waals surface area contributed by atoms with Gasteiger partial charge in [-0.25, -0.2) is 0 Å². The molecule has 2 N–H and O–H groups in total. The van der Waals surface area contributed by atoms with Gasteiger partial charge in [-0.2, -0.15) is 13.2 Å². The lowest BCUT2D eigenvalue weighted by Gasteiger charge is -2.53. The molecule has 1 saturated carbocycles. The first-order chi connectivity index (χ1) is 27.1. The Morgan fingerprint density at radius 3 is 2.20 bits per heavy atom. The lowest BCUT2D eigenvalue weighted by atomic mass is 9.68. The van der Waals surface area contributed by atoms with Crippen LogP contribution >= 0.6 is 0 Å². The van der Waals surface area contributed by atoms with E-state index in [1.54, 1.807) is 4.90 Å². The number of benzene rings is 3. The van der Waals surface area contributed by atoms with Crippen LogP contribution in [0.15, 0.2) is 84.9 Å². The number of aryl methyl sites for hydroxylation is 1. The second kappa shape index (κ2) is 17.6. The van der Waals surface area contributed by atoms with Crippen LogP contribution in [0.1, 0.15) is 79.5 Å². The maximum absolute atomic E-state index is 14.5. The molecule has 4 amide bonds. The minimum Gasteiger partial charge on any atom is -0.355 e. The molecule has 0 radical (unpaired) electrons. The Morgan fingerprint density at radius 1 is 0.821 bits per heavy atom. The van der Waals surface area contributed by atoms with E-state index in [1.165, 1.54) is 44.2 Å². The number of hydrogen-bond donors (Lipinski definition) is 2. The number of carbonyl (C=O) groups is 4. The van der Waals surface area contributed by atoms with E-state index < -0.39 is 41.6 Å². The quantitative estimate of drug-likeness (QED) is 0.210. The first kappa shape index (κ1) is 39.5. The molecule has 4 fully saturated rings. The van der Waals surface area contributed by atoms with Crippen molar-refractivity contribution in [3.63, 3.8) is 0 Å². The van der Waals surface area contributed by atoms with Gasteiger partial charge in [0.05, 0.1) is 17.4 Å². The van der Waals surface area contributed by atoms with Crippen LogP contribution < -0.4 is 10.6 Å². The van der Waals surface area contributed by atoms with Gasteiger partial charge in [-0.3, -0.25) is 24.1 Å². The predicted octanol–water partition coefficient (Wildman–Crippen LogP) is 5.94. The topological polar surface area (TPSA) is 102 Å². The average Bonchev–Trinajstić information content (AvgIpc) is 3.60. The Bertz CT molecular complexity index is 1830. The van der Waals surface area contributed by atoms with Gasteiger partial charge in [0.2, 0.25) is 23.6 Å². The third-order valence-corrected chi connectivity index (χ3v) is 12.5. The highest BCUT2D eigenvalue weighted by Gasteiger charge is 2.59. The van der Waals surface area contributed by atoms with Gasteiger partial charge in [-0.1, -0.05) is 92.1 Å². The minimum atomic E-state index is -4.54. The molecule has 56 heavy (non-hydrogen) atoms. The van der Waals surface area contributed by atoms with Gasteiger partial charge in [0, 0.05) is 63.7 Å². The number of rotatable bonds is 13. The van der Waals surface area contributed by atoms with E-state index in [9.17, 15) is 32.3 Å². The number of hydrogen-bond acceptors (Lipinski definition) is 5. The summed E-state index contributed by atoms with van der Waals surface area (Å²) in [6, 6.07) is 23.3. The van der Waals surface area contributed by atoms with Gasteiger partial charge in [0.15, 0.2) is 0 Å². The molecule has 0 aromatic heterocycles. The van der Waals surface area contributed by atoms with Crippen molar-refractivity contribution >= 4 is 23.6 Å². The van der Waals surface area contributed by atoms with Crippen molar-refractivity contribution in [2.75, 3.05) is 32.7 Å². The van der Waals surface area contributed by atoms with E-state index in [2.05, 4.69) is 15.5 Å². The Kier molecular flexibility index (Phi) is 12.4. The molecule has 4 aliphatic rings. The van der Waals surface area contributed by atoms with Crippen LogP contribution in [0.3, 0.4) is 0 Å². The third-order valence-electron chi connectivity index (χ3n) is 12.5. The number of β-lactam (4-membered cyclic amide) rings is 1. The van der Waals surface area contributed by atoms with Gasteiger partial charge in [0.1, 0.15) is 6.04 Å². The van der Waals surface area contributed by atoms with Crippen LogP contribution in [0.2, 0.25) is 0 Å². The van der Waals surface area contributed by atoms with Gasteiger partial charge in [-0.15, -0.1) is 0 Å². The molecular weight excluding hydrogens is 720 g/mol. The van der Waals surface area contributed by atoms with Crippen molar-refractivity contribution in [3.8, 4) is 0 Å². The maximum atomic E-state index is 14.5. The van der Waals surface area contributed by atoms with Crippen LogP contribution in [0.5, 0.6) is 0 Å². The Hall–Kier alpha value is -4.71. The lowest BCUT2D eigenvalue weighted by molar-refractivity contribution is -0.172. The van der Waals surface area contributed by atoms with Crippen molar-refractivity contribution in [2.45, 2.75) is 94.6 Å². The number of nitrogens with zero attached hydrogens (tertiary/aromatic N) is 3. The summed E-state index contributed by atoms with van der Waals surface area (Å²) in [5.41, 5.74) is 1.45. The Morgan fingerprint density at radius 2 is 1.50 bits per heavy atom. The molecule has 3 aromatic rings. The van der Waals surface area contributed by atoms with Crippen molar-refractivity contribution in [2.24, 2.45) is 11.8 Å². The van der Waals surface area contributed by atoms with Gasteiger partial charge < -0.3 is 20.4 Å². The van der Waals surface area contributed by atoms with E-state index in [0.717, 1.165) is 36.3 Å². The number of amides is 4. The van der Waals surface area contributed by atoms with E-state index in [1.807, 2.05) is 65.6 Å². The highest BCUT2D eigenvalue weighted by atomic mass is 19.4.